The van der Waals surface area contributed by atoms with Crippen molar-refractivity contribution in [3.63, 3.8) is 0 Å². The van der Waals surface area contributed by atoms with Gasteiger partial charge in [-0.3, -0.25) is 14.4 Å². The maximum atomic E-state index is 14.0. The fourth-order valence-corrected chi connectivity index (χ4v) is 2.95. The van der Waals surface area contributed by atoms with Gasteiger partial charge >= 0.3 is 0 Å². The molecule has 4 nitrogen and oxygen atoms in total. The molecule has 1 aliphatic rings. The maximum Gasteiger partial charge on any atom is 0.220 e. The first kappa shape index (κ1) is 19.8. The molecular formula is C21H24FNO3. The van der Waals surface area contributed by atoms with Crippen LogP contribution in [0.1, 0.15) is 51.8 Å². The van der Waals surface area contributed by atoms with E-state index in [1.165, 1.54) is 0 Å². The predicted molar refractivity (Wildman–Crippen MR) is 98.2 cm³/mol. The second kappa shape index (κ2) is 8.70. The highest BCUT2D eigenvalue weighted by Gasteiger charge is 2.27. The highest BCUT2D eigenvalue weighted by Crippen LogP contribution is 2.27. The molecule has 1 atom stereocenters. The number of rotatable bonds is 7. The number of ketones is 2. The van der Waals surface area contributed by atoms with E-state index in [0.717, 1.165) is 0 Å². The Bertz CT molecular complexity index is 778. The minimum absolute atomic E-state index is 0.0803. The molecule has 1 aromatic rings. The van der Waals surface area contributed by atoms with E-state index in [9.17, 15) is 18.8 Å². The van der Waals surface area contributed by atoms with Gasteiger partial charge < -0.3 is 5.32 Å². The van der Waals surface area contributed by atoms with Crippen LogP contribution in [0.3, 0.4) is 0 Å². The topological polar surface area (TPSA) is 63.2 Å². The lowest BCUT2D eigenvalue weighted by Crippen LogP contribution is -2.27. The normalized spacial score (nSPS) is 16.2. The SMILES string of the molecule is CC1=C(C)C(=O)C(CCCC(=O)NCC(F)c2ccccc2)=C(C)C1=O. The fraction of sp³-hybridized carbons (Fsp3) is 0.381. The van der Waals surface area contributed by atoms with Crippen molar-refractivity contribution in [1.29, 1.82) is 0 Å². The number of allylic oxidation sites excluding steroid dienone is 4. The zero-order chi connectivity index (χ0) is 19.3. The van der Waals surface area contributed by atoms with E-state index in [1.54, 1.807) is 51.1 Å². The van der Waals surface area contributed by atoms with Crippen molar-refractivity contribution in [3.8, 4) is 0 Å². The molecule has 0 saturated heterocycles. The Morgan fingerprint density at radius 2 is 1.62 bits per heavy atom. The van der Waals surface area contributed by atoms with Crippen LogP contribution in [0.2, 0.25) is 0 Å². The molecular weight excluding hydrogens is 333 g/mol. The number of amides is 1. The number of hydrogen-bond acceptors (Lipinski definition) is 3. The standard InChI is InChI=1S/C21H24FNO3/c1-13-14(2)21(26)17(15(3)20(13)25)10-7-11-19(24)23-12-18(22)16-8-5-4-6-9-16/h4-6,8-9,18H,7,10-12H2,1-3H3,(H,23,24). The number of hydrogen-bond donors (Lipinski definition) is 1. The summed E-state index contributed by atoms with van der Waals surface area (Å²) in [5, 5.41) is 2.57. The first-order chi connectivity index (χ1) is 12.3. The molecule has 1 aromatic carbocycles. The Morgan fingerprint density at radius 3 is 2.27 bits per heavy atom. The summed E-state index contributed by atoms with van der Waals surface area (Å²) in [6.45, 7) is 4.88. The smallest absolute Gasteiger partial charge is 0.220 e. The highest BCUT2D eigenvalue weighted by atomic mass is 19.1. The minimum Gasteiger partial charge on any atom is -0.353 e. The van der Waals surface area contributed by atoms with Crippen molar-refractivity contribution in [3.05, 3.63) is 58.2 Å². The van der Waals surface area contributed by atoms with Crippen LogP contribution in [0.15, 0.2) is 52.6 Å². The maximum absolute atomic E-state index is 14.0. The average molecular weight is 357 g/mol. The minimum atomic E-state index is -1.25. The van der Waals surface area contributed by atoms with E-state index in [-0.39, 0.29) is 30.4 Å². The molecule has 0 saturated carbocycles. The van der Waals surface area contributed by atoms with Crippen molar-refractivity contribution in [2.45, 2.75) is 46.2 Å². The van der Waals surface area contributed by atoms with Gasteiger partial charge in [0.05, 0.1) is 6.54 Å². The molecule has 0 fully saturated rings. The van der Waals surface area contributed by atoms with Crippen molar-refractivity contribution < 1.29 is 18.8 Å². The first-order valence-corrected chi connectivity index (χ1v) is 8.75. The van der Waals surface area contributed by atoms with Crippen LogP contribution in [0, 0.1) is 0 Å². The van der Waals surface area contributed by atoms with E-state index in [2.05, 4.69) is 5.32 Å². The zero-order valence-corrected chi connectivity index (χ0v) is 15.4. The van der Waals surface area contributed by atoms with Gasteiger partial charge in [0.25, 0.3) is 0 Å². The van der Waals surface area contributed by atoms with Gasteiger partial charge in [0.2, 0.25) is 5.91 Å². The zero-order valence-electron chi connectivity index (χ0n) is 15.4. The van der Waals surface area contributed by atoms with Gasteiger partial charge in [0, 0.05) is 28.7 Å². The summed E-state index contributed by atoms with van der Waals surface area (Å²) in [5.41, 5.74) is 2.44. The van der Waals surface area contributed by atoms with Gasteiger partial charge in [0.15, 0.2) is 11.6 Å². The third-order valence-corrected chi connectivity index (χ3v) is 4.78. The third-order valence-electron chi connectivity index (χ3n) is 4.78. The van der Waals surface area contributed by atoms with Crippen LogP contribution >= 0.6 is 0 Å². The van der Waals surface area contributed by atoms with E-state index in [1.807, 2.05) is 0 Å². The number of benzene rings is 1. The number of halogens is 1. The monoisotopic (exact) mass is 357 g/mol. The van der Waals surface area contributed by atoms with Crippen LogP contribution in [0.4, 0.5) is 4.39 Å². The van der Waals surface area contributed by atoms with Crippen molar-refractivity contribution in [1.82, 2.24) is 5.32 Å². The van der Waals surface area contributed by atoms with Crippen LogP contribution in [-0.4, -0.2) is 24.0 Å². The lowest BCUT2D eigenvalue weighted by Gasteiger charge is -2.18. The average Bonchev–Trinajstić information content (AvgIpc) is 2.66. The summed E-state index contributed by atoms with van der Waals surface area (Å²) in [4.78, 5) is 36.3. The van der Waals surface area contributed by atoms with Gasteiger partial charge in [-0.15, -0.1) is 0 Å². The quantitative estimate of drug-likeness (QED) is 0.755. The molecule has 1 amide bonds. The molecule has 138 valence electrons. The summed E-state index contributed by atoms with van der Waals surface area (Å²) in [6.07, 6.45) is -0.266. The molecule has 1 N–H and O–H groups in total. The lowest BCUT2D eigenvalue weighted by atomic mass is 9.84. The Hall–Kier alpha value is -2.56. The van der Waals surface area contributed by atoms with Gasteiger partial charge in [-0.05, 0) is 39.2 Å². The van der Waals surface area contributed by atoms with E-state index >= 15 is 0 Å². The summed E-state index contributed by atoms with van der Waals surface area (Å²) in [5.74, 6) is -0.488. The summed E-state index contributed by atoms with van der Waals surface area (Å²) in [7, 11) is 0. The second-order valence-electron chi connectivity index (χ2n) is 6.55. The van der Waals surface area contributed by atoms with E-state index in [4.69, 9.17) is 0 Å². The van der Waals surface area contributed by atoms with Gasteiger partial charge in [-0.2, -0.15) is 0 Å². The van der Waals surface area contributed by atoms with Crippen LogP contribution in [-0.2, 0) is 14.4 Å². The Balaban J connectivity index is 1.81. The number of carbonyl (C=O) groups excluding carboxylic acids is 3. The van der Waals surface area contributed by atoms with Crippen LogP contribution in [0.25, 0.3) is 0 Å². The summed E-state index contributed by atoms with van der Waals surface area (Å²) in [6, 6.07) is 8.66. The second-order valence-corrected chi connectivity index (χ2v) is 6.55. The molecule has 0 heterocycles. The Morgan fingerprint density at radius 1 is 1.00 bits per heavy atom. The molecule has 0 bridgehead atoms. The van der Waals surface area contributed by atoms with Crippen molar-refractivity contribution in [2.75, 3.05) is 6.54 Å². The molecule has 0 aromatic heterocycles. The molecule has 1 unspecified atom stereocenters. The van der Waals surface area contributed by atoms with Crippen molar-refractivity contribution in [2.24, 2.45) is 0 Å². The molecule has 0 spiro atoms. The number of Topliss-reactive ketones (excluding diaryl/α,β-unsaturated/α-hetero) is 2. The van der Waals surface area contributed by atoms with Gasteiger partial charge in [-0.25, -0.2) is 4.39 Å². The predicted octanol–water partition coefficient (Wildman–Crippen LogP) is 3.79. The summed E-state index contributed by atoms with van der Waals surface area (Å²) >= 11 is 0. The molecule has 26 heavy (non-hydrogen) atoms. The van der Waals surface area contributed by atoms with Gasteiger partial charge in [-0.1, -0.05) is 30.3 Å². The van der Waals surface area contributed by atoms with Gasteiger partial charge in [0.1, 0.15) is 6.17 Å². The molecule has 1 aliphatic carbocycles. The first-order valence-electron chi connectivity index (χ1n) is 8.75. The Kier molecular flexibility index (Phi) is 6.61. The molecule has 0 aliphatic heterocycles. The summed E-state index contributed by atoms with van der Waals surface area (Å²) < 4.78 is 14.0. The largest absolute Gasteiger partial charge is 0.353 e. The lowest BCUT2D eigenvalue weighted by molar-refractivity contribution is -0.121. The van der Waals surface area contributed by atoms with Crippen LogP contribution < -0.4 is 5.32 Å². The molecule has 2 rings (SSSR count). The fourth-order valence-electron chi connectivity index (χ4n) is 2.95. The molecule has 5 heteroatoms. The molecule has 0 radical (unpaired) electrons. The number of alkyl halides is 1. The van der Waals surface area contributed by atoms with Crippen molar-refractivity contribution >= 4 is 17.5 Å². The van der Waals surface area contributed by atoms with E-state index < -0.39 is 6.17 Å². The number of nitrogens with one attached hydrogen (secondary N) is 1. The highest BCUT2D eigenvalue weighted by molar-refractivity contribution is 6.24. The Labute approximate surface area is 153 Å². The van der Waals surface area contributed by atoms with Crippen LogP contribution in [0.5, 0.6) is 0 Å². The van der Waals surface area contributed by atoms with E-state index in [0.29, 0.717) is 40.7 Å². The number of carbonyl (C=O) groups is 3. The third kappa shape index (κ3) is 4.54.